The Morgan fingerprint density at radius 1 is 1.00 bits per heavy atom. The Hall–Kier alpha value is -4.17. The molecule has 1 aromatic heterocycles. The SMILES string of the molecule is COc1cc(N2CCN(C)CC2)ccc1Nc1ncc2cccc(-c3cccc(NC(C)=O)c3)c2n1. The lowest BCUT2D eigenvalue weighted by molar-refractivity contribution is -0.114. The van der Waals surface area contributed by atoms with E-state index in [9.17, 15) is 4.79 Å². The van der Waals surface area contributed by atoms with Crippen LogP contribution in [-0.4, -0.2) is 61.1 Å². The summed E-state index contributed by atoms with van der Waals surface area (Å²) >= 11 is 0. The number of hydrogen-bond donors (Lipinski definition) is 2. The Morgan fingerprint density at radius 2 is 1.81 bits per heavy atom. The van der Waals surface area contributed by atoms with E-state index in [2.05, 4.69) is 44.6 Å². The van der Waals surface area contributed by atoms with Gasteiger partial charge < -0.3 is 25.2 Å². The van der Waals surface area contributed by atoms with Crippen LogP contribution in [0, 0.1) is 0 Å². The highest BCUT2D eigenvalue weighted by molar-refractivity contribution is 5.95. The lowest BCUT2D eigenvalue weighted by Crippen LogP contribution is -2.44. The Labute approximate surface area is 210 Å². The van der Waals surface area contributed by atoms with Crippen molar-refractivity contribution in [3.63, 3.8) is 0 Å². The summed E-state index contributed by atoms with van der Waals surface area (Å²) in [6.45, 7) is 5.58. The third-order valence-electron chi connectivity index (χ3n) is 6.40. The first-order valence-corrected chi connectivity index (χ1v) is 12.0. The maximum atomic E-state index is 11.5. The number of carbonyl (C=O) groups excluding carboxylic acids is 1. The molecule has 0 saturated carbocycles. The molecule has 3 aromatic carbocycles. The molecule has 0 atom stereocenters. The molecule has 5 rings (SSSR count). The summed E-state index contributed by atoms with van der Waals surface area (Å²) in [6.07, 6.45) is 1.82. The molecule has 2 N–H and O–H groups in total. The van der Waals surface area contributed by atoms with Crippen molar-refractivity contribution in [2.24, 2.45) is 0 Å². The minimum atomic E-state index is -0.105. The number of benzene rings is 3. The first-order chi connectivity index (χ1) is 17.5. The number of piperazine rings is 1. The van der Waals surface area contributed by atoms with Gasteiger partial charge in [-0.3, -0.25) is 4.79 Å². The van der Waals surface area contributed by atoms with Gasteiger partial charge in [-0.15, -0.1) is 0 Å². The first kappa shape index (κ1) is 23.6. The van der Waals surface area contributed by atoms with E-state index in [1.54, 1.807) is 7.11 Å². The van der Waals surface area contributed by atoms with E-state index in [1.165, 1.54) is 6.92 Å². The molecular weight excluding hydrogens is 452 g/mol. The van der Waals surface area contributed by atoms with Gasteiger partial charge in [-0.05, 0) is 36.9 Å². The summed E-state index contributed by atoms with van der Waals surface area (Å²) in [5.74, 6) is 1.12. The van der Waals surface area contributed by atoms with Crippen LogP contribution in [0.2, 0.25) is 0 Å². The maximum absolute atomic E-state index is 11.5. The standard InChI is InChI=1S/C28H30N6O2/c1-19(35)30-22-8-4-6-20(16-22)24-9-5-7-21-18-29-28(32-27(21)24)31-25-11-10-23(17-26(25)36-3)34-14-12-33(2)13-15-34/h4-11,16-18H,12-15H2,1-3H3,(H,30,35)(H,29,31,32). The normalized spacial score (nSPS) is 14.0. The number of rotatable bonds is 6. The summed E-state index contributed by atoms with van der Waals surface area (Å²) < 4.78 is 5.71. The smallest absolute Gasteiger partial charge is 0.227 e. The molecule has 0 unspecified atom stereocenters. The van der Waals surface area contributed by atoms with Gasteiger partial charge in [0.25, 0.3) is 0 Å². The average Bonchev–Trinajstić information content (AvgIpc) is 2.89. The van der Waals surface area contributed by atoms with E-state index in [-0.39, 0.29) is 5.91 Å². The molecule has 0 bridgehead atoms. The third-order valence-corrected chi connectivity index (χ3v) is 6.40. The number of fused-ring (bicyclic) bond motifs is 1. The molecule has 1 saturated heterocycles. The zero-order valence-corrected chi connectivity index (χ0v) is 20.8. The van der Waals surface area contributed by atoms with Gasteiger partial charge in [0.2, 0.25) is 11.9 Å². The van der Waals surface area contributed by atoms with Gasteiger partial charge in [0.05, 0.1) is 18.3 Å². The number of anilines is 4. The Kier molecular flexibility index (Phi) is 6.69. The second kappa shape index (κ2) is 10.2. The molecule has 184 valence electrons. The number of carbonyl (C=O) groups is 1. The van der Waals surface area contributed by atoms with Crippen molar-refractivity contribution >= 4 is 39.8 Å². The van der Waals surface area contributed by atoms with Crippen LogP contribution in [0.5, 0.6) is 5.75 Å². The van der Waals surface area contributed by atoms with Crippen LogP contribution in [0.15, 0.2) is 66.9 Å². The zero-order chi connectivity index (χ0) is 25.1. The molecule has 4 aromatic rings. The molecule has 0 aliphatic carbocycles. The molecular formula is C28H30N6O2. The molecule has 1 aliphatic rings. The van der Waals surface area contributed by atoms with Crippen LogP contribution in [0.3, 0.4) is 0 Å². The average molecular weight is 483 g/mol. The van der Waals surface area contributed by atoms with E-state index >= 15 is 0 Å². The van der Waals surface area contributed by atoms with Gasteiger partial charge >= 0.3 is 0 Å². The number of hydrogen-bond acceptors (Lipinski definition) is 7. The van der Waals surface area contributed by atoms with Crippen LogP contribution in [0.1, 0.15) is 6.92 Å². The topological polar surface area (TPSA) is 82.6 Å². The van der Waals surface area contributed by atoms with Crippen molar-refractivity contribution in [2.45, 2.75) is 6.92 Å². The predicted molar refractivity (Wildman–Crippen MR) is 145 cm³/mol. The molecule has 1 fully saturated rings. The third kappa shape index (κ3) is 5.08. The lowest BCUT2D eigenvalue weighted by atomic mass is 10.0. The molecule has 0 spiro atoms. The van der Waals surface area contributed by atoms with Gasteiger partial charge in [-0.1, -0.05) is 30.3 Å². The van der Waals surface area contributed by atoms with Crippen LogP contribution in [0.25, 0.3) is 22.0 Å². The van der Waals surface area contributed by atoms with Gasteiger partial charge in [-0.25, -0.2) is 9.97 Å². The number of nitrogens with zero attached hydrogens (tertiary/aromatic N) is 4. The van der Waals surface area contributed by atoms with Crippen LogP contribution in [-0.2, 0) is 4.79 Å². The molecule has 36 heavy (non-hydrogen) atoms. The van der Waals surface area contributed by atoms with E-state index in [1.807, 2.05) is 54.7 Å². The monoisotopic (exact) mass is 482 g/mol. The highest BCUT2D eigenvalue weighted by Gasteiger charge is 2.16. The minimum Gasteiger partial charge on any atom is -0.494 e. The number of para-hydroxylation sites is 1. The van der Waals surface area contributed by atoms with Gasteiger partial charge in [0.15, 0.2) is 0 Å². The second-order valence-electron chi connectivity index (χ2n) is 9.00. The molecule has 2 heterocycles. The summed E-state index contributed by atoms with van der Waals surface area (Å²) in [4.78, 5) is 25.6. The zero-order valence-electron chi connectivity index (χ0n) is 20.8. The summed E-state index contributed by atoms with van der Waals surface area (Å²) in [5.41, 5.74) is 5.44. The fourth-order valence-corrected chi connectivity index (χ4v) is 4.48. The van der Waals surface area contributed by atoms with Crippen molar-refractivity contribution in [1.29, 1.82) is 0 Å². The van der Waals surface area contributed by atoms with E-state index < -0.39 is 0 Å². The van der Waals surface area contributed by atoms with Gasteiger partial charge in [0, 0.05) is 67.7 Å². The van der Waals surface area contributed by atoms with E-state index in [4.69, 9.17) is 9.72 Å². The van der Waals surface area contributed by atoms with E-state index in [0.717, 1.165) is 71.0 Å². The Balaban J connectivity index is 1.45. The highest BCUT2D eigenvalue weighted by atomic mass is 16.5. The largest absolute Gasteiger partial charge is 0.494 e. The maximum Gasteiger partial charge on any atom is 0.227 e. The van der Waals surface area contributed by atoms with E-state index in [0.29, 0.717) is 5.95 Å². The van der Waals surface area contributed by atoms with Gasteiger partial charge in [0.1, 0.15) is 5.75 Å². The predicted octanol–water partition coefficient (Wildman–Crippen LogP) is 4.76. The van der Waals surface area contributed by atoms with Crippen molar-refractivity contribution < 1.29 is 9.53 Å². The summed E-state index contributed by atoms with van der Waals surface area (Å²) in [6, 6.07) is 19.9. The number of amides is 1. The Bertz CT molecular complexity index is 1400. The first-order valence-electron chi connectivity index (χ1n) is 12.0. The molecule has 1 aliphatic heterocycles. The van der Waals surface area contributed by atoms with Crippen molar-refractivity contribution in [3.8, 4) is 16.9 Å². The fraction of sp³-hybridized carbons (Fsp3) is 0.250. The summed E-state index contributed by atoms with van der Waals surface area (Å²) in [7, 11) is 3.83. The second-order valence-corrected chi connectivity index (χ2v) is 9.00. The van der Waals surface area contributed by atoms with Crippen LogP contribution >= 0.6 is 0 Å². The van der Waals surface area contributed by atoms with Gasteiger partial charge in [-0.2, -0.15) is 0 Å². The number of ether oxygens (including phenoxy) is 1. The number of nitrogens with one attached hydrogen (secondary N) is 2. The van der Waals surface area contributed by atoms with Crippen molar-refractivity contribution in [2.75, 3.05) is 55.9 Å². The molecule has 8 heteroatoms. The highest BCUT2D eigenvalue weighted by Crippen LogP contribution is 2.33. The molecule has 1 amide bonds. The van der Waals surface area contributed by atoms with Crippen molar-refractivity contribution in [1.82, 2.24) is 14.9 Å². The number of likely N-dealkylation sites (N-methyl/N-ethyl adjacent to an activating group) is 1. The molecule has 0 radical (unpaired) electrons. The van der Waals surface area contributed by atoms with Crippen LogP contribution < -0.4 is 20.3 Å². The minimum absolute atomic E-state index is 0.105. The number of aromatic nitrogens is 2. The molecule has 8 nitrogen and oxygen atoms in total. The quantitative estimate of drug-likeness (QED) is 0.410. The lowest BCUT2D eigenvalue weighted by Gasteiger charge is -2.34. The van der Waals surface area contributed by atoms with Crippen molar-refractivity contribution in [3.05, 3.63) is 66.9 Å². The fourth-order valence-electron chi connectivity index (χ4n) is 4.48. The summed E-state index contributed by atoms with van der Waals surface area (Å²) in [5, 5.41) is 7.12. The number of methoxy groups -OCH3 is 1. The Morgan fingerprint density at radius 3 is 2.58 bits per heavy atom. The van der Waals surface area contributed by atoms with Crippen LogP contribution in [0.4, 0.5) is 23.0 Å².